The van der Waals surface area contributed by atoms with Crippen LogP contribution in [0.4, 0.5) is 10.5 Å². The van der Waals surface area contributed by atoms with Crippen LogP contribution in [0.3, 0.4) is 0 Å². The number of carbonyl (C=O) groups excluding carboxylic acids is 3. The Labute approximate surface area is 218 Å². The molecule has 0 spiro atoms. The Hall–Kier alpha value is -3.81. The van der Waals surface area contributed by atoms with Crippen LogP contribution in [0, 0.1) is 13.8 Å². The number of amides is 4. The van der Waals surface area contributed by atoms with Gasteiger partial charge in [-0.2, -0.15) is 0 Å². The average Bonchev–Trinajstić information content (AvgIpc) is 2.84. The molecule has 4 amide bonds. The number of rotatable bonds is 6. The standard InChI is InChI=1S/C27H22Cl2N2O5/c1-15-4-7-17(8-5-15)14-36-24-21(29)11-18(12-23(24)35-3)10-20-25(32)30-27(34)31(26(20)33)22-13-19(28)9-6-16(22)2/h4-13H,14H2,1-3H3,(H,30,32,34)/b20-10+. The Bertz CT molecular complexity index is 1400. The molecule has 1 saturated heterocycles. The number of aryl methyl sites for hydroxylation is 2. The monoisotopic (exact) mass is 524 g/mol. The number of carbonyl (C=O) groups is 3. The molecule has 0 aromatic heterocycles. The van der Waals surface area contributed by atoms with Gasteiger partial charge in [0.25, 0.3) is 11.8 Å². The van der Waals surface area contributed by atoms with E-state index in [9.17, 15) is 14.4 Å². The van der Waals surface area contributed by atoms with Gasteiger partial charge in [-0.05, 0) is 60.9 Å². The topological polar surface area (TPSA) is 84.9 Å². The summed E-state index contributed by atoms with van der Waals surface area (Å²) in [5.41, 5.74) is 3.17. The van der Waals surface area contributed by atoms with Gasteiger partial charge >= 0.3 is 6.03 Å². The Morgan fingerprint density at radius 1 is 0.972 bits per heavy atom. The lowest BCUT2D eigenvalue weighted by atomic mass is 10.1. The maximum absolute atomic E-state index is 13.2. The number of hydrogen-bond acceptors (Lipinski definition) is 5. The minimum Gasteiger partial charge on any atom is -0.493 e. The fraction of sp³-hybridized carbons (Fsp3) is 0.148. The molecule has 1 N–H and O–H groups in total. The van der Waals surface area contributed by atoms with Crippen LogP contribution in [0.15, 0.2) is 60.2 Å². The maximum atomic E-state index is 13.2. The molecule has 0 aliphatic carbocycles. The summed E-state index contributed by atoms with van der Waals surface area (Å²) < 4.78 is 11.3. The molecule has 3 aromatic carbocycles. The largest absolute Gasteiger partial charge is 0.493 e. The molecule has 1 aliphatic rings. The third kappa shape index (κ3) is 5.22. The van der Waals surface area contributed by atoms with Gasteiger partial charge in [-0.3, -0.25) is 14.9 Å². The van der Waals surface area contributed by atoms with Crippen LogP contribution >= 0.6 is 23.2 Å². The Morgan fingerprint density at radius 3 is 2.39 bits per heavy atom. The van der Waals surface area contributed by atoms with Gasteiger partial charge in [0.15, 0.2) is 11.5 Å². The van der Waals surface area contributed by atoms with Gasteiger partial charge in [-0.25, -0.2) is 9.69 Å². The molecular formula is C27H22Cl2N2O5. The van der Waals surface area contributed by atoms with Crippen LogP contribution in [0.2, 0.25) is 10.0 Å². The van der Waals surface area contributed by atoms with Crippen molar-refractivity contribution in [2.75, 3.05) is 12.0 Å². The highest BCUT2D eigenvalue weighted by atomic mass is 35.5. The van der Waals surface area contributed by atoms with Crippen molar-refractivity contribution in [2.45, 2.75) is 20.5 Å². The molecule has 0 radical (unpaired) electrons. The molecule has 4 rings (SSSR count). The Kier molecular flexibility index (Phi) is 7.33. The van der Waals surface area contributed by atoms with E-state index in [4.69, 9.17) is 32.7 Å². The first-order chi connectivity index (χ1) is 17.2. The van der Waals surface area contributed by atoms with E-state index in [-0.39, 0.29) is 22.9 Å². The SMILES string of the molecule is COc1cc(/C=C2\C(=O)NC(=O)N(c3cc(Cl)ccc3C)C2=O)cc(Cl)c1OCc1ccc(C)cc1. The smallest absolute Gasteiger partial charge is 0.335 e. The molecule has 184 valence electrons. The number of benzene rings is 3. The maximum Gasteiger partial charge on any atom is 0.335 e. The van der Waals surface area contributed by atoms with Crippen molar-refractivity contribution in [1.82, 2.24) is 5.32 Å². The molecule has 0 bridgehead atoms. The quantitative estimate of drug-likeness (QED) is 0.322. The molecule has 1 aliphatic heterocycles. The van der Waals surface area contributed by atoms with E-state index < -0.39 is 17.8 Å². The van der Waals surface area contributed by atoms with Crippen LogP contribution in [-0.2, 0) is 16.2 Å². The minimum atomic E-state index is -0.858. The number of halogens is 2. The number of urea groups is 1. The van der Waals surface area contributed by atoms with Crippen molar-refractivity contribution >= 4 is 52.8 Å². The van der Waals surface area contributed by atoms with Crippen LogP contribution in [0.1, 0.15) is 22.3 Å². The molecule has 36 heavy (non-hydrogen) atoms. The Balaban J connectivity index is 1.66. The van der Waals surface area contributed by atoms with Gasteiger partial charge < -0.3 is 9.47 Å². The van der Waals surface area contributed by atoms with E-state index in [0.29, 0.717) is 27.6 Å². The lowest BCUT2D eigenvalue weighted by molar-refractivity contribution is -0.122. The number of nitrogens with zero attached hydrogens (tertiary/aromatic N) is 1. The first-order valence-corrected chi connectivity index (χ1v) is 11.7. The van der Waals surface area contributed by atoms with Crippen LogP contribution < -0.4 is 19.7 Å². The van der Waals surface area contributed by atoms with E-state index in [1.807, 2.05) is 31.2 Å². The number of methoxy groups -OCH3 is 1. The zero-order chi connectivity index (χ0) is 26.0. The summed E-state index contributed by atoms with van der Waals surface area (Å²) in [6.07, 6.45) is 1.34. The van der Waals surface area contributed by atoms with Crippen molar-refractivity contribution in [1.29, 1.82) is 0 Å². The predicted molar refractivity (Wildman–Crippen MR) is 139 cm³/mol. The number of imide groups is 2. The molecule has 1 fully saturated rings. The predicted octanol–water partition coefficient (Wildman–Crippen LogP) is 5.86. The number of ether oxygens (including phenoxy) is 2. The fourth-order valence-electron chi connectivity index (χ4n) is 3.67. The number of anilines is 1. The van der Waals surface area contributed by atoms with Crippen LogP contribution in [-0.4, -0.2) is 25.0 Å². The van der Waals surface area contributed by atoms with Gasteiger partial charge in [0.2, 0.25) is 0 Å². The lowest BCUT2D eigenvalue weighted by Gasteiger charge is -2.27. The zero-order valence-corrected chi connectivity index (χ0v) is 21.2. The normalized spacial score (nSPS) is 14.8. The van der Waals surface area contributed by atoms with Crippen molar-refractivity contribution in [3.8, 4) is 11.5 Å². The molecule has 3 aromatic rings. The third-order valence-corrected chi connectivity index (χ3v) is 6.10. The number of nitrogens with one attached hydrogen (secondary N) is 1. The van der Waals surface area contributed by atoms with E-state index in [2.05, 4.69) is 5.32 Å². The van der Waals surface area contributed by atoms with Crippen LogP contribution in [0.5, 0.6) is 11.5 Å². The van der Waals surface area contributed by atoms with E-state index in [1.54, 1.807) is 31.2 Å². The second-order valence-electron chi connectivity index (χ2n) is 8.20. The van der Waals surface area contributed by atoms with E-state index in [0.717, 1.165) is 16.0 Å². The van der Waals surface area contributed by atoms with E-state index in [1.165, 1.54) is 19.3 Å². The average molecular weight is 525 g/mol. The van der Waals surface area contributed by atoms with Gasteiger partial charge in [0.1, 0.15) is 12.2 Å². The summed E-state index contributed by atoms with van der Waals surface area (Å²) in [7, 11) is 1.46. The third-order valence-electron chi connectivity index (χ3n) is 5.58. The number of hydrogen-bond donors (Lipinski definition) is 1. The highest BCUT2D eigenvalue weighted by Crippen LogP contribution is 2.38. The zero-order valence-electron chi connectivity index (χ0n) is 19.7. The molecule has 0 unspecified atom stereocenters. The molecule has 0 atom stereocenters. The van der Waals surface area contributed by atoms with Crippen molar-refractivity contribution in [3.05, 3.63) is 92.5 Å². The highest BCUT2D eigenvalue weighted by Gasteiger charge is 2.37. The second-order valence-corrected chi connectivity index (χ2v) is 9.04. The van der Waals surface area contributed by atoms with Gasteiger partial charge in [-0.15, -0.1) is 0 Å². The second kappa shape index (κ2) is 10.4. The first kappa shape index (κ1) is 25.3. The fourth-order valence-corrected chi connectivity index (χ4v) is 4.11. The highest BCUT2D eigenvalue weighted by molar-refractivity contribution is 6.40. The van der Waals surface area contributed by atoms with Gasteiger partial charge in [0.05, 0.1) is 17.8 Å². The van der Waals surface area contributed by atoms with Crippen molar-refractivity contribution < 1.29 is 23.9 Å². The van der Waals surface area contributed by atoms with Crippen molar-refractivity contribution in [3.63, 3.8) is 0 Å². The molecular weight excluding hydrogens is 503 g/mol. The summed E-state index contributed by atoms with van der Waals surface area (Å²) in [6, 6.07) is 15.0. The molecule has 7 nitrogen and oxygen atoms in total. The molecule has 9 heteroatoms. The van der Waals surface area contributed by atoms with E-state index >= 15 is 0 Å². The summed E-state index contributed by atoms with van der Waals surface area (Å²) in [4.78, 5) is 39.2. The van der Waals surface area contributed by atoms with Crippen molar-refractivity contribution in [2.24, 2.45) is 0 Å². The molecule has 1 heterocycles. The summed E-state index contributed by atoms with van der Waals surface area (Å²) in [6.45, 7) is 4.00. The summed E-state index contributed by atoms with van der Waals surface area (Å²) in [5, 5.41) is 2.78. The lowest BCUT2D eigenvalue weighted by Crippen LogP contribution is -2.54. The number of barbiturate groups is 1. The van der Waals surface area contributed by atoms with Crippen LogP contribution in [0.25, 0.3) is 6.08 Å². The summed E-state index contributed by atoms with van der Waals surface area (Å²) >= 11 is 12.6. The molecule has 0 saturated carbocycles. The Morgan fingerprint density at radius 2 is 1.69 bits per heavy atom. The summed E-state index contributed by atoms with van der Waals surface area (Å²) in [5.74, 6) is -0.962. The first-order valence-electron chi connectivity index (χ1n) is 10.9. The minimum absolute atomic E-state index is 0.232. The van der Waals surface area contributed by atoms with Gasteiger partial charge in [-0.1, -0.05) is 59.1 Å². The van der Waals surface area contributed by atoms with Gasteiger partial charge in [0, 0.05) is 5.02 Å².